The molecule has 2 nitrogen and oxygen atoms in total. The molecule has 0 saturated heterocycles. The normalized spacial score (nSPS) is 15.8. The number of hydrogen-bond acceptors (Lipinski definition) is 2. The van der Waals surface area contributed by atoms with Gasteiger partial charge in [-0.3, -0.25) is 4.57 Å². The fourth-order valence-corrected chi connectivity index (χ4v) is 9.81. The van der Waals surface area contributed by atoms with Crippen LogP contribution in [0.5, 0.6) is 0 Å². The largest absolute Gasteiger partial charge is 0.292 e. The highest BCUT2D eigenvalue weighted by atomic mass is 32.1. The van der Waals surface area contributed by atoms with E-state index in [0.29, 0.717) is 0 Å². The Hall–Kier alpha value is -6.03. The topological polar surface area (TPSA) is 17.8 Å². The molecule has 9 aromatic rings. The van der Waals surface area contributed by atoms with Crippen LogP contribution in [0.15, 0.2) is 158 Å². The predicted octanol–water partition coefficient (Wildman–Crippen LogP) is 11.9. The maximum Gasteiger partial charge on any atom is 0.145 e. The first-order chi connectivity index (χ1) is 24.3. The monoisotopic (exact) mass is 640 g/mol. The zero-order valence-electron chi connectivity index (χ0n) is 26.5. The molecule has 2 heterocycles. The fourth-order valence-electron chi connectivity index (χ4n) is 8.69. The molecule has 2 aliphatic rings. The van der Waals surface area contributed by atoms with Gasteiger partial charge in [-0.25, -0.2) is 4.98 Å². The van der Waals surface area contributed by atoms with Crippen LogP contribution in [-0.2, 0) is 5.41 Å². The lowest BCUT2D eigenvalue weighted by molar-refractivity contribution is 0.767. The molecule has 11 rings (SSSR count). The Balaban J connectivity index is 1.29. The Labute approximate surface area is 287 Å². The molecule has 2 aliphatic carbocycles. The highest BCUT2D eigenvalue weighted by molar-refractivity contribution is 7.26. The molecule has 0 amide bonds. The van der Waals surface area contributed by atoms with Gasteiger partial charge < -0.3 is 0 Å². The maximum atomic E-state index is 5.29. The van der Waals surface area contributed by atoms with E-state index in [1.165, 1.54) is 64.7 Å². The third-order valence-corrected chi connectivity index (χ3v) is 11.8. The molecule has 2 aromatic heterocycles. The standard InChI is InChI=1S/C46H28N2S/c1-2-13-32(14-3-1)48-40-20-10-9-19-39(40)47-45(48)31-25-24-30-23-22-29-12-4-7-17-35(29)46(38(30)28-31)36-18-8-5-15-33(36)43-37(46)26-27-42-44(43)34-16-6-11-21-41(34)49-42/h1-28H. The van der Waals surface area contributed by atoms with E-state index in [0.717, 1.165) is 28.1 Å². The van der Waals surface area contributed by atoms with Crippen molar-refractivity contribution >= 4 is 54.7 Å². The first-order valence-electron chi connectivity index (χ1n) is 16.8. The van der Waals surface area contributed by atoms with Crippen molar-refractivity contribution in [1.82, 2.24) is 9.55 Å². The van der Waals surface area contributed by atoms with Crippen LogP contribution in [0, 0.1) is 0 Å². The van der Waals surface area contributed by atoms with Gasteiger partial charge in [-0.2, -0.15) is 0 Å². The zero-order chi connectivity index (χ0) is 32.1. The maximum absolute atomic E-state index is 5.29. The molecule has 228 valence electrons. The molecule has 1 atom stereocenters. The average molecular weight is 641 g/mol. The molecule has 1 spiro atoms. The van der Waals surface area contributed by atoms with E-state index < -0.39 is 5.41 Å². The molecule has 0 bridgehead atoms. The highest BCUT2D eigenvalue weighted by Gasteiger charge is 2.49. The van der Waals surface area contributed by atoms with Gasteiger partial charge in [0, 0.05) is 31.4 Å². The lowest BCUT2D eigenvalue weighted by Crippen LogP contribution is -2.30. The predicted molar refractivity (Wildman–Crippen MR) is 206 cm³/mol. The molecular weight excluding hydrogens is 613 g/mol. The quantitative estimate of drug-likeness (QED) is 0.184. The number of thiophene rings is 1. The SMILES string of the molecule is C1=Cc2ccc(-c3nc4ccccc4n3-c3ccccc3)cc2C2(c3ccccc31)c1ccccc1-c1c2ccc2sc3ccccc3c12. The summed E-state index contributed by atoms with van der Waals surface area (Å²) < 4.78 is 4.97. The van der Waals surface area contributed by atoms with Crippen molar-refractivity contribution in [2.45, 2.75) is 5.41 Å². The highest BCUT2D eigenvalue weighted by Crippen LogP contribution is 2.61. The van der Waals surface area contributed by atoms with Crippen molar-refractivity contribution in [3.63, 3.8) is 0 Å². The number of hydrogen-bond donors (Lipinski definition) is 0. The number of para-hydroxylation sites is 3. The van der Waals surface area contributed by atoms with Crippen molar-refractivity contribution in [3.05, 3.63) is 191 Å². The van der Waals surface area contributed by atoms with Crippen molar-refractivity contribution in [3.8, 4) is 28.2 Å². The second kappa shape index (κ2) is 9.99. The fraction of sp³-hybridized carbons (Fsp3) is 0.0217. The summed E-state index contributed by atoms with van der Waals surface area (Å²) in [5.41, 5.74) is 14.2. The molecule has 0 N–H and O–H groups in total. The van der Waals surface area contributed by atoms with Crippen LogP contribution in [0.3, 0.4) is 0 Å². The van der Waals surface area contributed by atoms with Gasteiger partial charge >= 0.3 is 0 Å². The molecule has 0 saturated carbocycles. The average Bonchev–Trinajstić information content (AvgIpc) is 3.80. The van der Waals surface area contributed by atoms with E-state index in [2.05, 4.69) is 174 Å². The second-order valence-electron chi connectivity index (χ2n) is 13.1. The van der Waals surface area contributed by atoms with Crippen molar-refractivity contribution in [2.75, 3.05) is 0 Å². The minimum Gasteiger partial charge on any atom is -0.292 e. The summed E-state index contributed by atoms with van der Waals surface area (Å²) in [6, 6.07) is 57.9. The van der Waals surface area contributed by atoms with E-state index >= 15 is 0 Å². The molecular formula is C46H28N2S. The van der Waals surface area contributed by atoms with E-state index in [4.69, 9.17) is 4.98 Å². The van der Waals surface area contributed by atoms with Crippen LogP contribution in [0.2, 0.25) is 0 Å². The number of aromatic nitrogens is 2. The third-order valence-electron chi connectivity index (χ3n) is 10.6. The number of fused-ring (bicyclic) bond motifs is 14. The smallest absolute Gasteiger partial charge is 0.145 e. The molecule has 0 fully saturated rings. The van der Waals surface area contributed by atoms with Crippen LogP contribution >= 0.6 is 11.3 Å². The minimum atomic E-state index is -0.530. The molecule has 1 unspecified atom stereocenters. The third kappa shape index (κ3) is 3.57. The molecule has 3 heteroatoms. The van der Waals surface area contributed by atoms with Crippen LogP contribution in [0.4, 0.5) is 0 Å². The summed E-state index contributed by atoms with van der Waals surface area (Å²) in [7, 11) is 0. The number of rotatable bonds is 2. The first-order valence-corrected chi connectivity index (χ1v) is 17.6. The van der Waals surface area contributed by atoms with Gasteiger partial charge in [0.2, 0.25) is 0 Å². The van der Waals surface area contributed by atoms with Crippen LogP contribution in [0.25, 0.3) is 71.6 Å². The van der Waals surface area contributed by atoms with Crippen LogP contribution in [-0.4, -0.2) is 9.55 Å². The lowest BCUT2D eigenvalue weighted by atomic mass is 9.65. The first kappa shape index (κ1) is 27.0. The van der Waals surface area contributed by atoms with Crippen LogP contribution in [0.1, 0.15) is 33.4 Å². The molecule has 49 heavy (non-hydrogen) atoms. The van der Waals surface area contributed by atoms with E-state index in [-0.39, 0.29) is 0 Å². The van der Waals surface area contributed by atoms with Gasteiger partial charge in [0.1, 0.15) is 5.82 Å². The van der Waals surface area contributed by atoms with Gasteiger partial charge in [-0.05, 0) is 87.0 Å². The molecule has 7 aromatic carbocycles. The summed E-state index contributed by atoms with van der Waals surface area (Å²) in [5, 5.41) is 2.69. The second-order valence-corrected chi connectivity index (χ2v) is 14.2. The summed E-state index contributed by atoms with van der Waals surface area (Å²) in [6.45, 7) is 0. The van der Waals surface area contributed by atoms with E-state index in [1.807, 2.05) is 11.3 Å². The van der Waals surface area contributed by atoms with Gasteiger partial charge in [0.25, 0.3) is 0 Å². The van der Waals surface area contributed by atoms with Gasteiger partial charge in [0.05, 0.1) is 16.4 Å². The Morgan fingerprint density at radius 3 is 2.18 bits per heavy atom. The minimum absolute atomic E-state index is 0.530. The summed E-state index contributed by atoms with van der Waals surface area (Å²) in [4.78, 5) is 5.29. The number of benzene rings is 7. The van der Waals surface area contributed by atoms with Crippen molar-refractivity contribution < 1.29 is 0 Å². The lowest BCUT2D eigenvalue weighted by Gasteiger charge is -2.35. The number of nitrogens with zero attached hydrogens (tertiary/aromatic N) is 2. The van der Waals surface area contributed by atoms with E-state index in [1.54, 1.807) is 0 Å². The van der Waals surface area contributed by atoms with Crippen molar-refractivity contribution in [1.29, 1.82) is 0 Å². The van der Waals surface area contributed by atoms with Gasteiger partial charge in [-0.15, -0.1) is 11.3 Å². The Morgan fingerprint density at radius 2 is 1.27 bits per heavy atom. The van der Waals surface area contributed by atoms with Gasteiger partial charge in [-0.1, -0.05) is 127 Å². The van der Waals surface area contributed by atoms with E-state index in [9.17, 15) is 0 Å². The summed E-state index contributed by atoms with van der Waals surface area (Å²) >= 11 is 1.89. The van der Waals surface area contributed by atoms with Crippen LogP contribution < -0.4 is 0 Å². The number of imidazole rings is 1. The summed E-state index contributed by atoms with van der Waals surface area (Å²) in [5.74, 6) is 0.942. The van der Waals surface area contributed by atoms with Gasteiger partial charge in [0.15, 0.2) is 0 Å². The molecule has 0 radical (unpaired) electrons. The molecule has 0 aliphatic heterocycles. The summed E-state index contributed by atoms with van der Waals surface area (Å²) in [6.07, 6.45) is 4.62. The Morgan fingerprint density at radius 1 is 0.531 bits per heavy atom. The zero-order valence-corrected chi connectivity index (χ0v) is 27.3. The van der Waals surface area contributed by atoms with Crippen molar-refractivity contribution in [2.24, 2.45) is 0 Å². The Bertz CT molecular complexity index is 2840. The Kier molecular flexibility index (Phi) is 5.50.